The van der Waals surface area contributed by atoms with Crippen molar-refractivity contribution in [2.24, 2.45) is 0 Å². The summed E-state index contributed by atoms with van der Waals surface area (Å²) in [6.07, 6.45) is 0. The van der Waals surface area contributed by atoms with Crippen LogP contribution in [0, 0.1) is 20.8 Å². The lowest BCUT2D eigenvalue weighted by molar-refractivity contribution is -0.130. The van der Waals surface area contributed by atoms with Gasteiger partial charge in [-0.15, -0.1) is 0 Å². The van der Waals surface area contributed by atoms with Crippen molar-refractivity contribution < 1.29 is 13.2 Å². The molecule has 0 heterocycles. The molecule has 0 aliphatic rings. The van der Waals surface area contributed by atoms with Gasteiger partial charge >= 0.3 is 0 Å². The van der Waals surface area contributed by atoms with Crippen molar-refractivity contribution >= 4 is 39.1 Å². The summed E-state index contributed by atoms with van der Waals surface area (Å²) < 4.78 is 28.9. The van der Waals surface area contributed by atoms with Crippen molar-refractivity contribution in [3.8, 4) is 0 Å². The maximum absolute atomic E-state index is 13.9. The van der Waals surface area contributed by atoms with Crippen LogP contribution in [0.4, 0.5) is 0 Å². The topological polar surface area (TPSA) is 57.7 Å². The summed E-state index contributed by atoms with van der Waals surface area (Å²) in [6, 6.07) is 18.2. The van der Waals surface area contributed by atoms with E-state index < -0.39 is 10.0 Å². The van der Waals surface area contributed by atoms with E-state index >= 15 is 0 Å². The molecule has 3 rings (SSSR count). The quantitative estimate of drug-likeness (QED) is 0.380. The van der Waals surface area contributed by atoms with Crippen LogP contribution < -0.4 is 0 Å². The van der Waals surface area contributed by atoms with Crippen molar-refractivity contribution in [1.82, 2.24) is 9.21 Å². The molecule has 0 atom stereocenters. The van der Waals surface area contributed by atoms with Gasteiger partial charge in [0.05, 0.1) is 21.5 Å². The fourth-order valence-corrected chi connectivity index (χ4v) is 6.10. The Bertz CT molecular complexity index is 1270. The first-order valence-electron chi connectivity index (χ1n) is 10.8. The number of nitrogens with zero attached hydrogens (tertiary/aromatic N) is 2. The number of aryl methyl sites for hydroxylation is 3. The smallest absolute Gasteiger partial charge is 0.244 e. The number of rotatable bonds is 8. The second kappa shape index (κ2) is 10.9. The maximum atomic E-state index is 13.9. The number of amides is 1. The highest BCUT2D eigenvalue weighted by molar-refractivity contribution is 7.89. The molecular formula is C26H28Cl2N2O3S. The van der Waals surface area contributed by atoms with Gasteiger partial charge in [0, 0.05) is 20.1 Å². The first-order valence-corrected chi connectivity index (χ1v) is 13.0. The van der Waals surface area contributed by atoms with Crippen LogP contribution in [0.1, 0.15) is 27.8 Å². The van der Waals surface area contributed by atoms with Crippen LogP contribution in [-0.2, 0) is 27.9 Å². The second-order valence-corrected chi connectivity index (χ2v) is 11.2. The molecule has 34 heavy (non-hydrogen) atoms. The van der Waals surface area contributed by atoms with Crippen molar-refractivity contribution in [3.63, 3.8) is 0 Å². The summed E-state index contributed by atoms with van der Waals surface area (Å²) in [5.74, 6) is -0.310. The molecule has 0 saturated carbocycles. The van der Waals surface area contributed by atoms with E-state index in [1.165, 1.54) is 9.21 Å². The molecule has 0 aliphatic carbocycles. The third-order valence-electron chi connectivity index (χ3n) is 5.55. The predicted molar refractivity (Wildman–Crippen MR) is 138 cm³/mol. The minimum Gasteiger partial charge on any atom is -0.340 e. The van der Waals surface area contributed by atoms with E-state index in [9.17, 15) is 13.2 Å². The fourth-order valence-electron chi connectivity index (χ4n) is 3.99. The fraction of sp³-hybridized carbons (Fsp3) is 0.269. The number of carbonyl (C=O) groups excluding carboxylic acids is 1. The van der Waals surface area contributed by atoms with Crippen molar-refractivity contribution in [3.05, 3.63) is 98.5 Å². The molecule has 1 amide bonds. The third kappa shape index (κ3) is 6.19. The Kier molecular flexibility index (Phi) is 8.42. The number of carbonyl (C=O) groups is 1. The van der Waals surface area contributed by atoms with E-state index in [2.05, 4.69) is 0 Å². The van der Waals surface area contributed by atoms with E-state index in [-0.39, 0.29) is 23.9 Å². The first-order chi connectivity index (χ1) is 16.0. The Morgan fingerprint density at radius 2 is 1.44 bits per heavy atom. The summed E-state index contributed by atoms with van der Waals surface area (Å²) in [7, 11) is -2.32. The third-order valence-corrected chi connectivity index (χ3v) is 8.38. The molecule has 0 aromatic heterocycles. The normalized spacial score (nSPS) is 11.6. The lowest BCUT2D eigenvalue weighted by Gasteiger charge is -2.26. The summed E-state index contributed by atoms with van der Waals surface area (Å²) in [4.78, 5) is 14.9. The molecule has 0 N–H and O–H groups in total. The largest absolute Gasteiger partial charge is 0.340 e. The average molecular weight is 519 g/mol. The Labute approximate surface area is 212 Å². The van der Waals surface area contributed by atoms with Crippen LogP contribution in [0.15, 0.2) is 65.6 Å². The minimum absolute atomic E-state index is 0.0170. The van der Waals surface area contributed by atoms with Gasteiger partial charge in [-0.05, 0) is 55.2 Å². The Morgan fingerprint density at radius 3 is 2.03 bits per heavy atom. The maximum Gasteiger partial charge on any atom is 0.244 e. The van der Waals surface area contributed by atoms with Gasteiger partial charge in [0.15, 0.2) is 0 Å². The Hall–Kier alpha value is -2.38. The van der Waals surface area contributed by atoms with Gasteiger partial charge in [-0.3, -0.25) is 4.79 Å². The van der Waals surface area contributed by atoms with Gasteiger partial charge in [0.1, 0.15) is 0 Å². The molecule has 0 radical (unpaired) electrons. The van der Waals surface area contributed by atoms with E-state index in [4.69, 9.17) is 23.2 Å². The molecule has 3 aromatic rings. The Balaban J connectivity index is 1.96. The molecule has 0 bridgehead atoms. The zero-order valence-corrected chi connectivity index (χ0v) is 22.0. The molecule has 180 valence electrons. The molecule has 0 unspecified atom stereocenters. The van der Waals surface area contributed by atoms with E-state index in [0.29, 0.717) is 33.3 Å². The molecule has 0 aliphatic heterocycles. The zero-order chi connectivity index (χ0) is 25.0. The number of hydrogen-bond donors (Lipinski definition) is 0. The van der Waals surface area contributed by atoms with E-state index in [1.54, 1.807) is 39.1 Å². The zero-order valence-electron chi connectivity index (χ0n) is 19.7. The SMILES string of the molecule is Cc1cc(C)c(S(=O)(=O)N(CC(=O)N(C)Cc2ccccc2)Cc2ccc(Cl)c(Cl)c2)c(C)c1. The van der Waals surface area contributed by atoms with Crippen LogP contribution >= 0.6 is 23.2 Å². The number of hydrogen-bond acceptors (Lipinski definition) is 3. The van der Waals surface area contributed by atoms with Crippen LogP contribution in [0.2, 0.25) is 10.0 Å². The van der Waals surface area contributed by atoms with Gasteiger partial charge in [0.2, 0.25) is 15.9 Å². The molecule has 0 fully saturated rings. The van der Waals surface area contributed by atoms with Gasteiger partial charge < -0.3 is 4.90 Å². The van der Waals surface area contributed by atoms with Gasteiger partial charge in [0.25, 0.3) is 0 Å². The van der Waals surface area contributed by atoms with Crippen LogP contribution in [0.5, 0.6) is 0 Å². The van der Waals surface area contributed by atoms with Crippen molar-refractivity contribution in [2.45, 2.75) is 38.8 Å². The highest BCUT2D eigenvalue weighted by Crippen LogP contribution is 2.28. The van der Waals surface area contributed by atoms with Crippen molar-refractivity contribution in [2.75, 3.05) is 13.6 Å². The molecule has 5 nitrogen and oxygen atoms in total. The summed E-state index contributed by atoms with van der Waals surface area (Å²) in [5, 5.41) is 0.704. The predicted octanol–water partition coefficient (Wildman–Crippen LogP) is 5.77. The number of benzene rings is 3. The number of sulfonamides is 1. The molecular weight excluding hydrogens is 491 g/mol. The molecule has 0 spiro atoms. The summed E-state index contributed by atoms with van der Waals surface area (Å²) >= 11 is 12.2. The second-order valence-electron chi connectivity index (χ2n) is 8.48. The summed E-state index contributed by atoms with van der Waals surface area (Å²) in [5.41, 5.74) is 3.86. The lowest BCUT2D eigenvalue weighted by atomic mass is 10.1. The van der Waals surface area contributed by atoms with Crippen molar-refractivity contribution in [1.29, 1.82) is 0 Å². The van der Waals surface area contributed by atoms with Gasteiger partial charge in [-0.25, -0.2) is 8.42 Å². The standard InChI is InChI=1S/C26H28Cl2N2O3S/c1-18-12-19(2)26(20(3)13-18)34(32,33)30(16-22-10-11-23(27)24(28)14-22)17-25(31)29(4)15-21-8-6-5-7-9-21/h5-14H,15-17H2,1-4H3. The highest BCUT2D eigenvalue weighted by atomic mass is 35.5. The van der Waals surface area contributed by atoms with Crippen LogP contribution in [0.3, 0.4) is 0 Å². The number of halogens is 2. The van der Waals surface area contributed by atoms with Gasteiger partial charge in [-0.1, -0.05) is 77.3 Å². The van der Waals surface area contributed by atoms with Crippen LogP contribution in [-0.4, -0.2) is 37.1 Å². The average Bonchev–Trinajstić information content (AvgIpc) is 2.75. The molecule has 8 heteroatoms. The van der Waals surface area contributed by atoms with Gasteiger partial charge in [-0.2, -0.15) is 4.31 Å². The van der Waals surface area contributed by atoms with Crippen LogP contribution in [0.25, 0.3) is 0 Å². The highest BCUT2D eigenvalue weighted by Gasteiger charge is 2.31. The summed E-state index contributed by atoms with van der Waals surface area (Å²) in [6.45, 7) is 5.52. The molecule has 0 saturated heterocycles. The van der Waals surface area contributed by atoms with E-state index in [0.717, 1.165) is 11.1 Å². The monoisotopic (exact) mass is 518 g/mol. The first kappa shape index (κ1) is 26.2. The molecule has 3 aromatic carbocycles. The minimum atomic E-state index is -3.99. The lowest BCUT2D eigenvalue weighted by Crippen LogP contribution is -2.41. The number of likely N-dealkylation sites (N-methyl/N-ethyl adjacent to an activating group) is 1. The van der Waals surface area contributed by atoms with E-state index in [1.807, 2.05) is 49.4 Å². The Morgan fingerprint density at radius 1 is 0.824 bits per heavy atom.